The lowest BCUT2D eigenvalue weighted by Crippen LogP contribution is -2.36. The molecular weight excluding hydrogens is 396 g/mol. The van der Waals surface area contributed by atoms with Gasteiger partial charge in [-0.25, -0.2) is 8.42 Å². The van der Waals surface area contributed by atoms with Gasteiger partial charge in [0, 0.05) is 25.5 Å². The minimum Gasteiger partial charge on any atom is -0.320 e. The van der Waals surface area contributed by atoms with Crippen LogP contribution in [-0.4, -0.2) is 41.5 Å². The van der Waals surface area contributed by atoms with Crippen LogP contribution in [-0.2, 0) is 17.1 Å². The molecule has 0 unspecified atom stereocenters. The van der Waals surface area contributed by atoms with E-state index < -0.39 is 10.0 Å². The van der Waals surface area contributed by atoms with E-state index in [0.29, 0.717) is 23.7 Å². The summed E-state index contributed by atoms with van der Waals surface area (Å²) in [6.45, 7) is 2.94. The summed E-state index contributed by atoms with van der Waals surface area (Å²) in [7, 11) is -1.80. The van der Waals surface area contributed by atoms with Crippen molar-refractivity contribution in [1.29, 1.82) is 0 Å². The van der Waals surface area contributed by atoms with E-state index in [-0.39, 0.29) is 10.8 Å². The van der Waals surface area contributed by atoms with Crippen molar-refractivity contribution in [3.05, 3.63) is 40.9 Å². The van der Waals surface area contributed by atoms with Crippen molar-refractivity contribution < 1.29 is 13.2 Å². The summed E-state index contributed by atoms with van der Waals surface area (Å²) in [6, 6.07) is 8.40. The normalized spacial score (nSPS) is 15.8. The van der Waals surface area contributed by atoms with Crippen LogP contribution in [0.2, 0.25) is 0 Å². The number of aromatic nitrogens is 2. The monoisotopic (exact) mass is 418 g/mol. The first-order valence-electron chi connectivity index (χ1n) is 9.21. The lowest BCUT2D eigenvalue weighted by molar-refractivity contribution is 0.103. The summed E-state index contributed by atoms with van der Waals surface area (Å²) in [5, 5.41) is 8.08. The SMILES string of the molecule is Cc1nn(C)c2sc(C(=O)Nc3ccccc3S(=O)(=O)N3CCCCC3)cc12. The molecule has 9 heteroatoms. The molecule has 0 radical (unpaired) electrons. The van der Waals surface area contributed by atoms with Crippen molar-refractivity contribution in [2.45, 2.75) is 31.1 Å². The second kappa shape index (κ2) is 7.31. The van der Waals surface area contributed by atoms with Gasteiger partial charge in [-0.05, 0) is 38.0 Å². The summed E-state index contributed by atoms with van der Waals surface area (Å²) in [6.07, 6.45) is 2.77. The molecule has 1 N–H and O–H groups in total. The molecular formula is C19H22N4O3S2. The molecule has 1 fully saturated rings. The molecule has 1 aliphatic rings. The Morgan fingerprint density at radius 2 is 1.89 bits per heavy atom. The van der Waals surface area contributed by atoms with Crippen LogP contribution >= 0.6 is 11.3 Å². The van der Waals surface area contributed by atoms with Crippen LogP contribution in [0.1, 0.15) is 34.6 Å². The first-order chi connectivity index (χ1) is 13.4. The fraction of sp³-hybridized carbons (Fsp3) is 0.368. The van der Waals surface area contributed by atoms with Gasteiger partial charge in [0.25, 0.3) is 5.91 Å². The molecule has 28 heavy (non-hydrogen) atoms. The highest BCUT2D eigenvalue weighted by Gasteiger charge is 2.28. The summed E-state index contributed by atoms with van der Waals surface area (Å²) in [5.41, 5.74) is 1.17. The molecule has 1 saturated heterocycles. The highest BCUT2D eigenvalue weighted by molar-refractivity contribution is 7.89. The topological polar surface area (TPSA) is 84.3 Å². The second-order valence-electron chi connectivity index (χ2n) is 6.95. The number of carbonyl (C=O) groups excluding carboxylic acids is 1. The number of aryl methyl sites for hydroxylation is 2. The minimum absolute atomic E-state index is 0.143. The zero-order chi connectivity index (χ0) is 19.9. The Kier molecular flexibility index (Phi) is 4.98. The highest BCUT2D eigenvalue weighted by atomic mass is 32.2. The summed E-state index contributed by atoms with van der Waals surface area (Å²) < 4.78 is 29.4. The van der Waals surface area contributed by atoms with Crippen molar-refractivity contribution in [1.82, 2.24) is 14.1 Å². The molecule has 0 saturated carbocycles. The maximum Gasteiger partial charge on any atom is 0.265 e. The Labute approximate surface area is 168 Å². The molecule has 7 nitrogen and oxygen atoms in total. The average molecular weight is 419 g/mol. The van der Waals surface area contributed by atoms with Gasteiger partial charge in [-0.1, -0.05) is 18.6 Å². The zero-order valence-corrected chi connectivity index (χ0v) is 17.4. The van der Waals surface area contributed by atoms with E-state index in [4.69, 9.17) is 0 Å². The van der Waals surface area contributed by atoms with Gasteiger partial charge in [-0.3, -0.25) is 9.48 Å². The van der Waals surface area contributed by atoms with Crippen molar-refractivity contribution in [2.75, 3.05) is 18.4 Å². The Morgan fingerprint density at radius 1 is 1.18 bits per heavy atom. The van der Waals surface area contributed by atoms with Crippen LogP contribution in [0.15, 0.2) is 35.2 Å². The number of anilines is 1. The van der Waals surface area contributed by atoms with Gasteiger partial charge in [-0.15, -0.1) is 11.3 Å². The number of nitrogens with zero attached hydrogens (tertiary/aromatic N) is 3. The molecule has 1 aliphatic heterocycles. The van der Waals surface area contributed by atoms with Crippen LogP contribution in [0, 0.1) is 6.92 Å². The van der Waals surface area contributed by atoms with E-state index in [2.05, 4.69) is 10.4 Å². The molecule has 148 valence electrons. The first kappa shape index (κ1) is 19.1. The van der Waals surface area contributed by atoms with Crippen LogP contribution in [0.4, 0.5) is 5.69 Å². The van der Waals surface area contributed by atoms with Crippen LogP contribution < -0.4 is 5.32 Å². The molecule has 1 aromatic carbocycles. The number of nitrogens with one attached hydrogen (secondary N) is 1. The molecule has 1 amide bonds. The highest BCUT2D eigenvalue weighted by Crippen LogP contribution is 2.30. The number of thiophene rings is 1. The summed E-state index contributed by atoms with van der Waals surface area (Å²) in [5.74, 6) is -0.318. The van der Waals surface area contributed by atoms with E-state index in [0.717, 1.165) is 35.2 Å². The number of piperidine rings is 1. The lowest BCUT2D eigenvalue weighted by Gasteiger charge is -2.26. The maximum absolute atomic E-state index is 13.1. The number of amides is 1. The number of rotatable bonds is 4. The van der Waals surface area contributed by atoms with Crippen molar-refractivity contribution in [2.24, 2.45) is 7.05 Å². The largest absolute Gasteiger partial charge is 0.320 e. The smallest absolute Gasteiger partial charge is 0.265 e. The molecule has 0 bridgehead atoms. The number of fused-ring (bicyclic) bond motifs is 1. The van der Waals surface area contributed by atoms with E-state index >= 15 is 0 Å². The Hall–Kier alpha value is -2.23. The predicted octanol–water partition coefficient (Wildman–Crippen LogP) is 3.37. The molecule has 4 rings (SSSR count). The van der Waals surface area contributed by atoms with Crippen LogP contribution in [0.25, 0.3) is 10.2 Å². The molecule has 2 aromatic heterocycles. The Bertz CT molecular complexity index is 1110. The standard InChI is InChI=1S/C19H22N4O3S2/c1-13-14-12-16(27-19(14)22(2)21-13)18(24)20-15-8-4-5-9-17(15)28(25,26)23-10-6-3-7-11-23/h4-5,8-9,12H,3,6-7,10-11H2,1-2H3,(H,20,24). The minimum atomic E-state index is -3.64. The summed E-state index contributed by atoms with van der Waals surface area (Å²) >= 11 is 1.34. The number of carbonyl (C=O) groups is 1. The Morgan fingerprint density at radius 3 is 2.61 bits per heavy atom. The third-order valence-electron chi connectivity index (χ3n) is 4.99. The van der Waals surface area contributed by atoms with E-state index in [1.807, 2.05) is 14.0 Å². The molecule has 0 aliphatic carbocycles. The molecule has 0 atom stereocenters. The van der Waals surface area contributed by atoms with Gasteiger partial charge in [0.15, 0.2) is 0 Å². The lowest BCUT2D eigenvalue weighted by atomic mass is 10.2. The zero-order valence-electron chi connectivity index (χ0n) is 15.8. The second-order valence-corrected chi connectivity index (χ2v) is 9.89. The third kappa shape index (κ3) is 3.34. The number of hydrogen-bond acceptors (Lipinski definition) is 5. The maximum atomic E-state index is 13.1. The van der Waals surface area contributed by atoms with Gasteiger partial charge in [-0.2, -0.15) is 9.40 Å². The van der Waals surface area contributed by atoms with Gasteiger partial charge >= 0.3 is 0 Å². The fourth-order valence-corrected chi connectivity index (χ4v) is 6.22. The van der Waals surface area contributed by atoms with Gasteiger partial charge < -0.3 is 5.32 Å². The van der Waals surface area contributed by atoms with Gasteiger partial charge in [0.2, 0.25) is 10.0 Å². The van der Waals surface area contributed by atoms with E-state index in [1.165, 1.54) is 15.6 Å². The van der Waals surface area contributed by atoms with E-state index in [1.54, 1.807) is 35.0 Å². The first-order valence-corrected chi connectivity index (χ1v) is 11.5. The van der Waals surface area contributed by atoms with Crippen molar-refractivity contribution >= 4 is 43.2 Å². The average Bonchev–Trinajstić information content (AvgIpc) is 3.24. The third-order valence-corrected chi connectivity index (χ3v) is 8.15. The van der Waals surface area contributed by atoms with Crippen molar-refractivity contribution in [3.8, 4) is 0 Å². The van der Waals surface area contributed by atoms with Crippen molar-refractivity contribution in [3.63, 3.8) is 0 Å². The van der Waals surface area contributed by atoms with Crippen LogP contribution in [0.3, 0.4) is 0 Å². The fourth-order valence-electron chi connectivity index (χ4n) is 3.54. The number of para-hydroxylation sites is 1. The molecule has 3 aromatic rings. The number of sulfonamides is 1. The number of hydrogen-bond donors (Lipinski definition) is 1. The van der Waals surface area contributed by atoms with E-state index in [9.17, 15) is 13.2 Å². The summed E-state index contributed by atoms with van der Waals surface area (Å²) in [4.78, 5) is 14.4. The molecule has 3 heterocycles. The quantitative estimate of drug-likeness (QED) is 0.704. The predicted molar refractivity (Wildman–Crippen MR) is 110 cm³/mol. The number of benzene rings is 1. The Balaban J connectivity index is 1.64. The van der Waals surface area contributed by atoms with Crippen LogP contribution in [0.5, 0.6) is 0 Å². The van der Waals surface area contributed by atoms with Gasteiger partial charge in [0.1, 0.15) is 9.73 Å². The molecule has 0 spiro atoms. The van der Waals surface area contributed by atoms with Gasteiger partial charge in [0.05, 0.1) is 16.3 Å².